The maximum absolute atomic E-state index is 13.1. The van der Waals surface area contributed by atoms with Gasteiger partial charge in [-0.1, -0.05) is 12.1 Å². The molecule has 1 aliphatic heterocycles. The van der Waals surface area contributed by atoms with E-state index in [9.17, 15) is 22.9 Å². The number of nitro benzene ring substituents is 1. The average Bonchev–Trinajstić information content (AvgIpc) is 3.17. The minimum Gasteiger partial charge on any atom is -0.373 e. The van der Waals surface area contributed by atoms with Gasteiger partial charge in [0.25, 0.3) is 5.69 Å². The zero-order chi connectivity index (χ0) is 19.6. The molecule has 0 amide bonds. The molecule has 0 bridgehead atoms. The smallest absolute Gasteiger partial charge is 0.293 e. The molecule has 144 valence electrons. The molecule has 1 aliphatic rings. The molecule has 27 heavy (non-hydrogen) atoms. The van der Waals surface area contributed by atoms with Crippen LogP contribution in [0.25, 0.3) is 0 Å². The van der Waals surface area contributed by atoms with Crippen molar-refractivity contribution in [2.75, 3.05) is 18.4 Å². The molecule has 0 unspecified atom stereocenters. The van der Waals surface area contributed by atoms with Crippen LogP contribution in [0.5, 0.6) is 0 Å². The third kappa shape index (κ3) is 4.09. The summed E-state index contributed by atoms with van der Waals surface area (Å²) < 4.78 is 39.7. The number of hydrogen-bond donors (Lipinski definition) is 1. The largest absolute Gasteiger partial charge is 0.373 e. The fraction of sp³-hybridized carbons (Fsp3) is 0.333. The fourth-order valence-electron chi connectivity index (χ4n) is 3.09. The van der Waals surface area contributed by atoms with Crippen molar-refractivity contribution >= 4 is 21.4 Å². The zero-order valence-corrected chi connectivity index (χ0v) is 15.6. The zero-order valence-electron chi connectivity index (χ0n) is 14.8. The highest BCUT2D eigenvalue weighted by molar-refractivity contribution is 7.89. The van der Waals surface area contributed by atoms with Gasteiger partial charge in [-0.2, -0.15) is 4.31 Å². The van der Waals surface area contributed by atoms with Crippen LogP contribution < -0.4 is 5.32 Å². The van der Waals surface area contributed by atoms with Crippen LogP contribution in [-0.4, -0.2) is 30.7 Å². The molecule has 1 atom stereocenters. The van der Waals surface area contributed by atoms with Gasteiger partial charge in [-0.05, 0) is 49.6 Å². The first-order chi connectivity index (χ1) is 12.8. The summed E-state index contributed by atoms with van der Waals surface area (Å²) in [7, 11) is -3.74. The summed E-state index contributed by atoms with van der Waals surface area (Å²) in [6.07, 6.45) is 1.58. The van der Waals surface area contributed by atoms with Crippen molar-refractivity contribution in [1.29, 1.82) is 0 Å². The molecular weight excluding hydrogens is 373 g/mol. The van der Waals surface area contributed by atoms with Crippen LogP contribution in [0.3, 0.4) is 0 Å². The molecule has 2 aromatic carbocycles. The Balaban J connectivity index is 1.90. The fourth-order valence-corrected chi connectivity index (χ4v) is 4.63. The highest BCUT2D eigenvalue weighted by atomic mass is 32.2. The Bertz CT molecular complexity index is 942. The third-order valence-electron chi connectivity index (χ3n) is 4.61. The van der Waals surface area contributed by atoms with E-state index in [1.54, 1.807) is 19.1 Å². The summed E-state index contributed by atoms with van der Waals surface area (Å²) in [4.78, 5) is 10.8. The number of nitro groups is 1. The van der Waals surface area contributed by atoms with Crippen LogP contribution in [0.2, 0.25) is 0 Å². The second-order valence-electron chi connectivity index (χ2n) is 6.46. The van der Waals surface area contributed by atoms with Crippen LogP contribution in [0.1, 0.15) is 31.4 Å². The highest BCUT2D eigenvalue weighted by Crippen LogP contribution is 2.32. The van der Waals surface area contributed by atoms with Gasteiger partial charge in [0.15, 0.2) is 0 Å². The monoisotopic (exact) mass is 393 g/mol. The van der Waals surface area contributed by atoms with E-state index < -0.39 is 14.9 Å². The molecule has 3 rings (SSSR count). The Labute approximate surface area is 157 Å². The van der Waals surface area contributed by atoms with Crippen molar-refractivity contribution in [2.45, 2.75) is 30.7 Å². The normalized spacial score (nSPS) is 16.2. The summed E-state index contributed by atoms with van der Waals surface area (Å²) in [6.45, 7) is 2.64. The number of halogens is 1. The minimum atomic E-state index is -3.74. The van der Waals surface area contributed by atoms with Crippen molar-refractivity contribution in [3.8, 4) is 0 Å². The van der Waals surface area contributed by atoms with Crippen molar-refractivity contribution in [1.82, 2.24) is 4.31 Å². The number of hydrogen-bond acceptors (Lipinski definition) is 5. The van der Waals surface area contributed by atoms with Crippen molar-refractivity contribution in [3.63, 3.8) is 0 Å². The Morgan fingerprint density at radius 3 is 2.37 bits per heavy atom. The third-order valence-corrected chi connectivity index (χ3v) is 6.51. The van der Waals surface area contributed by atoms with E-state index in [0.29, 0.717) is 13.1 Å². The van der Waals surface area contributed by atoms with E-state index in [4.69, 9.17) is 0 Å². The number of rotatable bonds is 6. The first-order valence-electron chi connectivity index (χ1n) is 8.59. The van der Waals surface area contributed by atoms with Gasteiger partial charge >= 0.3 is 0 Å². The molecule has 2 aromatic rings. The van der Waals surface area contributed by atoms with Gasteiger partial charge in [0, 0.05) is 25.2 Å². The molecule has 1 N–H and O–H groups in total. The van der Waals surface area contributed by atoms with Gasteiger partial charge in [0.1, 0.15) is 11.5 Å². The van der Waals surface area contributed by atoms with E-state index in [1.807, 2.05) is 0 Å². The Kier molecular flexibility index (Phi) is 5.43. The molecule has 0 saturated carbocycles. The Morgan fingerprint density at radius 1 is 1.15 bits per heavy atom. The quantitative estimate of drug-likeness (QED) is 0.597. The van der Waals surface area contributed by atoms with E-state index in [0.717, 1.165) is 24.5 Å². The summed E-state index contributed by atoms with van der Waals surface area (Å²) in [5.41, 5.74) is 0.640. The number of nitrogens with zero attached hydrogens (tertiary/aromatic N) is 2. The van der Waals surface area contributed by atoms with Gasteiger partial charge in [-0.15, -0.1) is 0 Å². The lowest BCUT2D eigenvalue weighted by atomic mass is 10.1. The van der Waals surface area contributed by atoms with E-state index in [2.05, 4.69) is 5.32 Å². The van der Waals surface area contributed by atoms with Crippen LogP contribution >= 0.6 is 0 Å². The summed E-state index contributed by atoms with van der Waals surface area (Å²) >= 11 is 0. The van der Waals surface area contributed by atoms with Crippen molar-refractivity contribution in [2.24, 2.45) is 0 Å². The SMILES string of the molecule is C[C@H](Nc1ccc(S(=O)(=O)N2CCCC2)cc1[N+](=O)[O-])c1ccc(F)cc1. The van der Waals surface area contributed by atoms with Crippen LogP contribution in [0, 0.1) is 15.9 Å². The topological polar surface area (TPSA) is 92.6 Å². The standard InChI is InChI=1S/C18H20FN3O4S/c1-13(14-4-6-15(19)7-5-14)20-17-9-8-16(12-18(17)22(23)24)27(25,26)21-10-2-3-11-21/h4-9,12-13,20H,2-3,10-11H2,1H3/t13-/m0/s1. The second kappa shape index (κ2) is 7.61. The highest BCUT2D eigenvalue weighted by Gasteiger charge is 2.29. The minimum absolute atomic E-state index is 0.0870. The molecule has 0 spiro atoms. The predicted molar refractivity (Wildman–Crippen MR) is 99.5 cm³/mol. The van der Waals surface area contributed by atoms with Crippen LogP contribution in [-0.2, 0) is 10.0 Å². The molecular formula is C18H20FN3O4S. The Morgan fingerprint density at radius 2 is 1.78 bits per heavy atom. The maximum Gasteiger partial charge on any atom is 0.293 e. The first kappa shape index (κ1) is 19.2. The van der Waals surface area contributed by atoms with Gasteiger partial charge < -0.3 is 5.32 Å². The number of anilines is 1. The molecule has 1 fully saturated rings. The first-order valence-corrected chi connectivity index (χ1v) is 10.0. The van der Waals surface area contributed by atoms with Crippen LogP contribution in [0.4, 0.5) is 15.8 Å². The molecule has 0 aliphatic carbocycles. The number of sulfonamides is 1. The second-order valence-corrected chi connectivity index (χ2v) is 8.40. The van der Waals surface area contributed by atoms with Gasteiger partial charge in [-0.3, -0.25) is 10.1 Å². The van der Waals surface area contributed by atoms with Gasteiger partial charge in [0.05, 0.1) is 9.82 Å². The molecule has 0 aromatic heterocycles. The lowest BCUT2D eigenvalue weighted by molar-refractivity contribution is -0.384. The summed E-state index contributed by atoms with van der Waals surface area (Å²) in [5, 5.41) is 14.5. The lowest BCUT2D eigenvalue weighted by Gasteiger charge is -2.18. The molecule has 9 heteroatoms. The molecule has 0 radical (unpaired) electrons. The lowest BCUT2D eigenvalue weighted by Crippen LogP contribution is -2.27. The summed E-state index contributed by atoms with van der Waals surface area (Å²) in [5.74, 6) is -0.367. The van der Waals surface area contributed by atoms with Crippen molar-refractivity contribution < 1.29 is 17.7 Å². The van der Waals surface area contributed by atoms with Gasteiger partial charge in [0.2, 0.25) is 10.0 Å². The number of benzene rings is 2. The van der Waals surface area contributed by atoms with Crippen molar-refractivity contribution in [3.05, 3.63) is 64.0 Å². The van der Waals surface area contributed by atoms with Gasteiger partial charge in [-0.25, -0.2) is 12.8 Å². The van der Waals surface area contributed by atoms with E-state index >= 15 is 0 Å². The average molecular weight is 393 g/mol. The Hall–Kier alpha value is -2.52. The maximum atomic E-state index is 13.1. The molecule has 1 saturated heterocycles. The molecule has 1 heterocycles. The van der Waals surface area contributed by atoms with E-state index in [-0.39, 0.29) is 28.1 Å². The molecule has 7 nitrogen and oxygen atoms in total. The number of nitrogens with one attached hydrogen (secondary N) is 1. The predicted octanol–water partition coefficient (Wildman–Crippen LogP) is 3.69. The van der Waals surface area contributed by atoms with E-state index in [1.165, 1.54) is 28.6 Å². The van der Waals surface area contributed by atoms with Crippen LogP contribution in [0.15, 0.2) is 47.4 Å². The summed E-state index contributed by atoms with van der Waals surface area (Å²) in [6, 6.07) is 9.34.